The van der Waals surface area contributed by atoms with E-state index in [9.17, 15) is 18.0 Å². The van der Waals surface area contributed by atoms with Crippen LogP contribution in [0.15, 0.2) is 65.7 Å². The summed E-state index contributed by atoms with van der Waals surface area (Å²) in [5, 5.41) is 9.03. The first-order chi connectivity index (χ1) is 15.8. The molecule has 0 aliphatic heterocycles. The van der Waals surface area contributed by atoms with Crippen LogP contribution in [0.25, 0.3) is 11.1 Å². The van der Waals surface area contributed by atoms with Crippen LogP contribution >= 0.6 is 0 Å². The van der Waals surface area contributed by atoms with Crippen LogP contribution in [-0.2, 0) is 10.0 Å². The van der Waals surface area contributed by atoms with Crippen molar-refractivity contribution in [3.63, 3.8) is 0 Å². The van der Waals surface area contributed by atoms with E-state index in [2.05, 4.69) is 9.71 Å². The monoisotopic (exact) mass is 481 g/mol. The molecule has 2 aromatic carbocycles. The minimum atomic E-state index is -3.79. The zero-order valence-electron chi connectivity index (χ0n) is 19.7. The lowest BCUT2D eigenvalue weighted by Crippen LogP contribution is -2.40. The fourth-order valence-electron chi connectivity index (χ4n) is 3.36. The summed E-state index contributed by atoms with van der Waals surface area (Å²) in [6.07, 6.45) is 1.47. The standard InChI is InChI=1S/C25H27N3O5S/c1-16-6-13-22(34(32,33)27-25(2,3)4)20(14-16)18-9-12-21(26-15-18)23(29)28(5)19-10-7-17(8-11-19)24(30)31/h6-15,27H,1-5H3,(H,30,31). The molecule has 0 spiro atoms. The minimum absolute atomic E-state index is 0.122. The number of hydrogen-bond acceptors (Lipinski definition) is 5. The third-order valence-corrected chi connectivity index (χ3v) is 6.78. The largest absolute Gasteiger partial charge is 0.478 e. The Bertz CT molecular complexity index is 1330. The smallest absolute Gasteiger partial charge is 0.335 e. The van der Waals surface area contributed by atoms with E-state index >= 15 is 0 Å². The number of carbonyl (C=O) groups is 2. The topological polar surface area (TPSA) is 117 Å². The predicted molar refractivity (Wildman–Crippen MR) is 131 cm³/mol. The molecule has 0 bridgehead atoms. The second-order valence-corrected chi connectivity index (χ2v) is 10.7. The van der Waals surface area contributed by atoms with Crippen molar-refractivity contribution in [1.82, 2.24) is 9.71 Å². The second kappa shape index (κ2) is 9.36. The lowest BCUT2D eigenvalue weighted by atomic mass is 10.0. The van der Waals surface area contributed by atoms with Crippen molar-refractivity contribution in [1.29, 1.82) is 0 Å². The summed E-state index contributed by atoms with van der Waals surface area (Å²) in [6.45, 7) is 7.18. The Morgan fingerprint density at radius 2 is 1.65 bits per heavy atom. The van der Waals surface area contributed by atoms with Gasteiger partial charge in [0.25, 0.3) is 5.91 Å². The van der Waals surface area contributed by atoms with Gasteiger partial charge in [-0.05, 0) is 64.1 Å². The quantitative estimate of drug-likeness (QED) is 0.547. The molecule has 0 aliphatic rings. The summed E-state index contributed by atoms with van der Waals surface area (Å²) in [6, 6.07) is 14.2. The molecule has 0 aliphatic carbocycles. The number of amides is 1. The third-order valence-electron chi connectivity index (χ3n) is 4.96. The zero-order valence-corrected chi connectivity index (χ0v) is 20.5. The summed E-state index contributed by atoms with van der Waals surface area (Å²) in [4.78, 5) is 29.7. The number of pyridine rings is 1. The first kappa shape index (κ1) is 25.1. The van der Waals surface area contributed by atoms with Crippen molar-refractivity contribution >= 4 is 27.6 Å². The molecule has 1 heterocycles. The number of carbonyl (C=O) groups excluding carboxylic acids is 1. The molecule has 9 heteroatoms. The molecular formula is C25H27N3O5S. The number of carboxylic acid groups (broad SMARTS) is 1. The highest BCUT2D eigenvalue weighted by Gasteiger charge is 2.25. The van der Waals surface area contributed by atoms with Crippen LogP contribution in [0.2, 0.25) is 0 Å². The summed E-state index contributed by atoms with van der Waals surface area (Å²) >= 11 is 0. The molecule has 34 heavy (non-hydrogen) atoms. The van der Waals surface area contributed by atoms with Gasteiger partial charge in [-0.2, -0.15) is 0 Å². The molecule has 0 saturated heterocycles. The lowest BCUT2D eigenvalue weighted by molar-refractivity contribution is 0.0696. The number of nitrogens with zero attached hydrogens (tertiary/aromatic N) is 2. The number of aromatic nitrogens is 1. The molecule has 1 aromatic heterocycles. The number of anilines is 1. The summed E-state index contributed by atoms with van der Waals surface area (Å²) < 4.78 is 28.7. The first-order valence-electron chi connectivity index (χ1n) is 10.5. The normalized spacial score (nSPS) is 11.8. The van der Waals surface area contributed by atoms with Gasteiger partial charge in [-0.1, -0.05) is 23.8 Å². The van der Waals surface area contributed by atoms with Crippen molar-refractivity contribution in [3.8, 4) is 11.1 Å². The molecule has 0 radical (unpaired) electrons. The van der Waals surface area contributed by atoms with Gasteiger partial charge in [-0.3, -0.25) is 9.78 Å². The van der Waals surface area contributed by atoms with Crippen LogP contribution < -0.4 is 9.62 Å². The highest BCUT2D eigenvalue weighted by atomic mass is 32.2. The van der Waals surface area contributed by atoms with Gasteiger partial charge in [0.2, 0.25) is 10.0 Å². The van der Waals surface area contributed by atoms with Crippen LogP contribution in [0.1, 0.15) is 47.2 Å². The van der Waals surface area contributed by atoms with Crippen LogP contribution in [0, 0.1) is 6.92 Å². The number of nitrogens with one attached hydrogen (secondary N) is 1. The van der Waals surface area contributed by atoms with Crippen LogP contribution in [0.5, 0.6) is 0 Å². The van der Waals surface area contributed by atoms with Gasteiger partial charge in [0.1, 0.15) is 5.69 Å². The van der Waals surface area contributed by atoms with E-state index in [0.29, 0.717) is 16.8 Å². The van der Waals surface area contributed by atoms with Gasteiger partial charge in [0.15, 0.2) is 0 Å². The number of aryl methyl sites for hydroxylation is 1. The zero-order chi connectivity index (χ0) is 25.3. The number of hydrogen-bond donors (Lipinski definition) is 2. The molecule has 178 valence electrons. The van der Waals surface area contributed by atoms with Crippen LogP contribution in [0.4, 0.5) is 5.69 Å². The van der Waals surface area contributed by atoms with Crippen LogP contribution in [-0.4, -0.2) is 43.0 Å². The average Bonchev–Trinajstić information content (AvgIpc) is 2.76. The van der Waals surface area contributed by atoms with Crippen LogP contribution in [0.3, 0.4) is 0 Å². The number of benzene rings is 2. The maximum absolute atomic E-state index is 13.0. The molecule has 2 N–H and O–H groups in total. The van der Waals surface area contributed by atoms with E-state index in [1.807, 2.05) is 6.92 Å². The molecule has 3 rings (SSSR count). The minimum Gasteiger partial charge on any atom is -0.478 e. The van der Waals surface area contributed by atoms with Gasteiger partial charge in [-0.15, -0.1) is 0 Å². The molecule has 0 saturated carbocycles. The van der Waals surface area contributed by atoms with Crippen molar-refractivity contribution < 1.29 is 23.1 Å². The van der Waals surface area contributed by atoms with E-state index in [1.54, 1.807) is 64.2 Å². The van der Waals surface area contributed by atoms with Gasteiger partial charge < -0.3 is 10.0 Å². The van der Waals surface area contributed by atoms with E-state index in [0.717, 1.165) is 5.56 Å². The molecular weight excluding hydrogens is 454 g/mol. The Labute approximate surface area is 199 Å². The van der Waals surface area contributed by atoms with Crippen molar-refractivity contribution in [3.05, 3.63) is 77.6 Å². The fraction of sp³-hybridized carbons (Fsp3) is 0.240. The summed E-state index contributed by atoms with van der Waals surface area (Å²) in [7, 11) is -2.23. The first-order valence-corrected chi connectivity index (χ1v) is 12.0. The Morgan fingerprint density at radius 3 is 2.18 bits per heavy atom. The fourth-order valence-corrected chi connectivity index (χ4v) is 4.99. The maximum Gasteiger partial charge on any atom is 0.335 e. The SMILES string of the molecule is Cc1ccc(S(=O)(=O)NC(C)(C)C)c(-c2ccc(C(=O)N(C)c3ccc(C(=O)O)cc3)nc2)c1. The number of carboxylic acids is 1. The Kier molecular flexibility index (Phi) is 6.90. The van der Waals surface area contributed by atoms with E-state index in [-0.39, 0.29) is 22.1 Å². The Hall–Kier alpha value is -3.56. The number of aromatic carboxylic acids is 1. The highest BCUT2D eigenvalue weighted by Crippen LogP contribution is 2.29. The van der Waals surface area contributed by atoms with Gasteiger partial charge in [0, 0.05) is 35.6 Å². The summed E-state index contributed by atoms with van der Waals surface area (Å²) in [5.74, 6) is -1.44. The number of rotatable bonds is 6. The predicted octanol–water partition coefficient (Wildman–Crippen LogP) is 4.11. The molecule has 0 fully saturated rings. The Balaban J connectivity index is 1.92. The molecule has 8 nitrogen and oxygen atoms in total. The second-order valence-electron chi connectivity index (χ2n) is 9.00. The highest BCUT2D eigenvalue weighted by molar-refractivity contribution is 7.89. The maximum atomic E-state index is 13.0. The lowest BCUT2D eigenvalue weighted by Gasteiger charge is -2.22. The number of sulfonamides is 1. The molecule has 3 aromatic rings. The summed E-state index contributed by atoms with van der Waals surface area (Å²) in [5.41, 5.74) is 2.08. The van der Waals surface area contributed by atoms with Gasteiger partial charge in [0.05, 0.1) is 10.5 Å². The van der Waals surface area contributed by atoms with E-state index in [4.69, 9.17) is 5.11 Å². The third kappa shape index (κ3) is 5.67. The van der Waals surface area contributed by atoms with Crippen molar-refractivity contribution in [2.75, 3.05) is 11.9 Å². The molecule has 0 unspecified atom stereocenters. The van der Waals surface area contributed by atoms with Crippen molar-refractivity contribution in [2.45, 2.75) is 38.1 Å². The Morgan fingerprint density at radius 1 is 1.00 bits per heavy atom. The molecule has 1 amide bonds. The van der Waals surface area contributed by atoms with Gasteiger partial charge in [-0.25, -0.2) is 17.9 Å². The average molecular weight is 482 g/mol. The molecule has 0 atom stereocenters. The van der Waals surface area contributed by atoms with E-state index < -0.39 is 21.5 Å². The van der Waals surface area contributed by atoms with Crippen molar-refractivity contribution in [2.24, 2.45) is 0 Å². The van der Waals surface area contributed by atoms with E-state index in [1.165, 1.54) is 29.3 Å². The van der Waals surface area contributed by atoms with Gasteiger partial charge >= 0.3 is 5.97 Å².